The molecule has 0 heterocycles. The Hall–Kier alpha value is -2.46. The Morgan fingerprint density at radius 2 is 1.74 bits per heavy atom. The van der Waals surface area contributed by atoms with Crippen molar-refractivity contribution < 1.29 is 9.00 Å². The summed E-state index contributed by atoms with van der Waals surface area (Å²) in [7, 11) is -0.974. The smallest absolute Gasteiger partial charge is 0.221 e. The molecule has 1 amide bonds. The predicted molar refractivity (Wildman–Crippen MR) is 94.9 cm³/mol. The first-order valence-corrected chi connectivity index (χ1v) is 8.84. The number of primary amides is 1. The van der Waals surface area contributed by atoms with Crippen LogP contribution < -0.4 is 5.73 Å². The quantitative estimate of drug-likeness (QED) is 0.939. The Bertz CT molecular complexity index is 848. The summed E-state index contributed by atoms with van der Waals surface area (Å²) >= 11 is 0. The zero-order valence-electron chi connectivity index (χ0n) is 12.8. The highest BCUT2D eigenvalue weighted by molar-refractivity contribution is 7.84. The van der Waals surface area contributed by atoms with Crippen LogP contribution in [0.2, 0.25) is 0 Å². The van der Waals surface area contributed by atoms with Gasteiger partial charge in [-0.05, 0) is 52.1 Å². The van der Waals surface area contributed by atoms with E-state index in [1.807, 2.05) is 54.6 Å². The zero-order valence-corrected chi connectivity index (χ0v) is 13.6. The highest BCUT2D eigenvalue weighted by atomic mass is 32.2. The largest absolute Gasteiger partial charge is 0.369 e. The highest BCUT2D eigenvalue weighted by Gasteiger charge is 2.18. The summed E-state index contributed by atoms with van der Waals surface area (Å²) in [5.74, 6) is -0.331. The summed E-state index contributed by atoms with van der Waals surface area (Å²) in [5, 5.41) is 0. The molecule has 1 unspecified atom stereocenters. The Kier molecular flexibility index (Phi) is 4.26. The van der Waals surface area contributed by atoms with Gasteiger partial charge in [0.2, 0.25) is 5.91 Å². The van der Waals surface area contributed by atoms with Gasteiger partial charge in [-0.1, -0.05) is 36.4 Å². The van der Waals surface area contributed by atoms with E-state index in [-0.39, 0.29) is 12.3 Å². The molecule has 0 spiro atoms. The Morgan fingerprint density at radius 1 is 1.09 bits per heavy atom. The van der Waals surface area contributed by atoms with Crippen molar-refractivity contribution in [2.24, 2.45) is 5.73 Å². The minimum absolute atomic E-state index is 0.238. The molecule has 116 valence electrons. The molecule has 4 heteroatoms. The van der Waals surface area contributed by atoms with Crippen molar-refractivity contribution >= 4 is 33.9 Å². The molecular weight excluding hydrogens is 306 g/mol. The number of carbonyl (C=O) groups is 1. The van der Waals surface area contributed by atoms with Gasteiger partial charge in [0.1, 0.15) is 0 Å². The van der Waals surface area contributed by atoms with Crippen LogP contribution in [0.15, 0.2) is 59.5 Å². The van der Waals surface area contributed by atoms with Gasteiger partial charge in [-0.2, -0.15) is 0 Å². The van der Waals surface area contributed by atoms with Crippen LogP contribution in [0.25, 0.3) is 17.2 Å². The number of hydrogen-bond donors (Lipinski definition) is 1. The van der Waals surface area contributed by atoms with Crippen molar-refractivity contribution in [3.05, 3.63) is 71.3 Å². The fourth-order valence-electron chi connectivity index (χ4n) is 2.75. The number of fused-ring (bicyclic) bond motifs is 1. The second kappa shape index (κ2) is 6.34. The van der Waals surface area contributed by atoms with Gasteiger partial charge in [-0.15, -0.1) is 0 Å². The lowest BCUT2D eigenvalue weighted by Gasteiger charge is -2.03. The van der Waals surface area contributed by atoms with E-state index in [1.165, 1.54) is 0 Å². The van der Waals surface area contributed by atoms with Gasteiger partial charge >= 0.3 is 0 Å². The number of carbonyl (C=O) groups excluding carboxylic acids is 1. The number of benzene rings is 2. The van der Waals surface area contributed by atoms with Gasteiger partial charge in [0.05, 0.1) is 6.42 Å². The van der Waals surface area contributed by atoms with Gasteiger partial charge in [0, 0.05) is 22.0 Å². The summed E-state index contributed by atoms with van der Waals surface area (Å²) in [6, 6.07) is 15.6. The minimum atomic E-state index is -0.974. The molecule has 0 aromatic heterocycles. The number of amides is 1. The monoisotopic (exact) mass is 323 g/mol. The standard InChI is InChI=1S/C19H17NO2S/c1-23(22)16-8-6-13(7-9-16)10-14-11-15(12-19(20)21)18-5-3-2-4-17(14)18/h2-11H,12H2,1H3,(H2,20,21)/b14-10+. The van der Waals surface area contributed by atoms with Gasteiger partial charge in [0.25, 0.3) is 0 Å². The summed E-state index contributed by atoms with van der Waals surface area (Å²) < 4.78 is 11.5. The molecule has 3 rings (SSSR count). The Labute approximate surface area is 138 Å². The summed E-state index contributed by atoms with van der Waals surface area (Å²) in [5.41, 5.74) is 10.5. The maximum atomic E-state index is 11.5. The summed E-state index contributed by atoms with van der Waals surface area (Å²) in [4.78, 5) is 12.1. The number of nitrogens with two attached hydrogens (primary N) is 1. The van der Waals surface area contributed by atoms with Crippen LogP contribution in [0.4, 0.5) is 0 Å². The second-order valence-corrected chi connectivity index (χ2v) is 6.86. The SMILES string of the molecule is CS(=O)c1ccc(/C=C2\C=C(CC(N)=O)c3ccccc32)cc1. The van der Waals surface area contributed by atoms with Crippen LogP contribution >= 0.6 is 0 Å². The molecular formula is C19H17NO2S. The predicted octanol–water partition coefficient (Wildman–Crippen LogP) is 3.24. The molecule has 1 aliphatic carbocycles. The first-order chi connectivity index (χ1) is 11.0. The van der Waals surface area contributed by atoms with E-state index in [0.29, 0.717) is 0 Å². The van der Waals surface area contributed by atoms with Crippen molar-refractivity contribution in [2.75, 3.05) is 6.26 Å². The molecule has 0 bridgehead atoms. The Balaban J connectivity index is 2.00. The average molecular weight is 323 g/mol. The van der Waals surface area contributed by atoms with Gasteiger partial charge < -0.3 is 5.73 Å². The molecule has 1 aliphatic rings. The Morgan fingerprint density at radius 3 is 2.35 bits per heavy atom. The maximum Gasteiger partial charge on any atom is 0.221 e. The summed E-state index contributed by atoms with van der Waals surface area (Å²) in [6.45, 7) is 0. The van der Waals surface area contributed by atoms with Gasteiger partial charge in [-0.25, -0.2) is 0 Å². The number of hydrogen-bond acceptors (Lipinski definition) is 2. The first kappa shape index (κ1) is 15.4. The van der Waals surface area contributed by atoms with Crippen molar-refractivity contribution in [3.8, 4) is 0 Å². The van der Waals surface area contributed by atoms with E-state index < -0.39 is 10.8 Å². The van der Waals surface area contributed by atoms with Crippen molar-refractivity contribution in [2.45, 2.75) is 11.3 Å². The van der Waals surface area contributed by atoms with Crippen LogP contribution in [-0.2, 0) is 15.6 Å². The normalized spacial score (nSPS) is 16.0. The van der Waals surface area contributed by atoms with E-state index in [2.05, 4.69) is 6.08 Å². The molecule has 0 saturated carbocycles. The molecule has 2 aromatic rings. The molecule has 2 aromatic carbocycles. The minimum Gasteiger partial charge on any atom is -0.369 e. The third kappa shape index (κ3) is 3.32. The highest BCUT2D eigenvalue weighted by Crippen LogP contribution is 2.37. The lowest BCUT2D eigenvalue weighted by Crippen LogP contribution is -2.10. The van der Waals surface area contributed by atoms with E-state index in [9.17, 15) is 9.00 Å². The number of allylic oxidation sites excluding steroid dienone is 2. The molecule has 0 radical (unpaired) electrons. The van der Waals surface area contributed by atoms with Crippen LogP contribution in [-0.4, -0.2) is 16.4 Å². The van der Waals surface area contributed by atoms with Crippen LogP contribution in [0, 0.1) is 0 Å². The van der Waals surface area contributed by atoms with Crippen LogP contribution in [0.3, 0.4) is 0 Å². The molecule has 0 saturated heterocycles. The first-order valence-electron chi connectivity index (χ1n) is 7.28. The van der Waals surface area contributed by atoms with E-state index in [1.54, 1.807) is 6.26 Å². The maximum absolute atomic E-state index is 11.5. The van der Waals surface area contributed by atoms with Crippen molar-refractivity contribution in [3.63, 3.8) is 0 Å². The second-order valence-electron chi connectivity index (χ2n) is 5.48. The van der Waals surface area contributed by atoms with Gasteiger partial charge in [-0.3, -0.25) is 9.00 Å². The lowest BCUT2D eigenvalue weighted by molar-refractivity contribution is -0.117. The van der Waals surface area contributed by atoms with Crippen molar-refractivity contribution in [1.29, 1.82) is 0 Å². The molecule has 2 N–H and O–H groups in total. The summed E-state index contributed by atoms with van der Waals surface area (Å²) in [6.07, 6.45) is 5.98. The molecule has 1 atom stereocenters. The van der Waals surface area contributed by atoms with Crippen LogP contribution in [0.5, 0.6) is 0 Å². The number of rotatable bonds is 4. The lowest BCUT2D eigenvalue weighted by atomic mass is 10.0. The third-order valence-corrected chi connectivity index (χ3v) is 4.75. The fraction of sp³-hybridized carbons (Fsp3) is 0.105. The average Bonchev–Trinajstić information content (AvgIpc) is 2.85. The molecule has 23 heavy (non-hydrogen) atoms. The zero-order chi connectivity index (χ0) is 16.4. The third-order valence-electron chi connectivity index (χ3n) is 3.81. The van der Waals surface area contributed by atoms with E-state index in [4.69, 9.17) is 5.73 Å². The van der Waals surface area contributed by atoms with Crippen LogP contribution in [0.1, 0.15) is 23.1 Å². The van der Waals surface area contributed by atoms with E-state index in [0.717, 1.165) is 32.7 Å². The van der Waals surface area contributed by atoms with E-state index >= 15 is 0 Å². The molecule has 3 nitrogen and oxygen atoms in total. The fourth-order valence-corrected chi connectivity index (χ4v) is 3.27. The van der Waals surface area contributed by atoms with Crippen molar-refractivity contribution in [1.82, 2.24) is 0 Å². The molecule has 0 aliphatic heterocycles. The van der Waals surface area contributed by atoms with Gasteiger partial charge in [0.15, 0.2) is 0 Å². The molecule has 0 fully saturated rings. The topological polar surface area (TPSA) is 60.2 Å².